The van der Waals surface area contributed by atoms with Crippen LogP contribution in [0.5, 0.6) is 0 Å². The highest BCUT2D eigenvalue weighted by atomic mass is 16.1. The molecule has 0 unspecified atom stereocenters. The molecule has 1 amide bonds. The molecular weight excluding hydrogens is 314 g/mol. The van der Waals surface area contributed by atoms with Gasteiger partial charge in [0, 0.05) is 11.4 Å². The summed E-state index contributed by atoms with van der Waals surface area (Å²) in [5.74, 6) is -0.202. The summed E-state index contributed by atoms with van der Waals surface area (Å²) < 4.78 is 2.01. The van der Waals surface area contributed by atoms with Gasteiger partial charge in [0.05, 0.1) is 17.9 Å². The van der Waals surface area contributed by atoms with Crippen molar-refractivity contribution in [3.05, 3.63) is 71.1 Å². The van der Waals surface area contributed by atoms with E-state index in [9.17, 15) is 4.79 Å². The molecule has 0 saturated heterocycles. The molecule has 1 aromatic carbocycles. The van der Waals surface area contributed by atoms with Crippen LogP contribution in [0.2, 0.25) is 0 Å². The van der Waals surface area contributed by atoms with E-state index in [0.717, 1.165) is 36.3 Å². The molecule has 3 aromatic rings. The van der Waals surface area contributed by atoms with Gasteiger partial charge in [0.25, 0.3) is 5.91 Å². The number of nitrogens with one attached hydrogen (secondary N) is 1. The van der Waals surface area contributed by atoms with Crippen LogP contribution in [0.1, 0.15) is 39.6 Å². The number of fused-ring (bicyclic) bond motifs is 1. The highest BCUT2D eigenvalue weighted by Gasteiger charge is 2.23. The Kier molecular flexibility index (Phi) is 4.01. The summed E-state index contributed by atoms with van der Waals surface area (Å²) in [6.45, 7) is 2.25. The Morgan fingerprint density at radius 2 is 2.04 bits per heavy atom. The van der Waals surface area contributed by atoms with E-state index >= 15 is 0 Å². The van der Waals surface area contributed by atoms with Gasteiger partial charge in [-0.2, -0.15) is 5.10 Å². The molecular formula is C19H19N5O. The number of aryl methyl sites for hydroxylation is 1. The zero-order valence-electron chi connectivity index (χ0n) is 14.1. The summed E-state index contributed by atoms with van der Waals surface area (Å²) in [5, 5.41) is 7.69. The first kappa shape index (κ1) is 15.5. The zero-order valence-corrected chi connectivity index (χ0v) is 14.1. The summed E-state index contributed by atoms with van der Waals surface area (Å²) in [6.07, 6.45) is 4.58. The molecule has 0 atom stereocenters. The Morgan fingerprint density at radius 3 is 2.84 bits per heavy atom. The van der Waals surface area contributed by atoms with Gasteiger partial charge < -0.3 is 5.32 Å². The minimum absolute atomic E-state index is 0.202. The number of benzene rings is 1. The van der Waals surface area contributed by atoms with Crippen molar-refractivity contribution in [3.63, 3.8) is 0 Å². The molecule has 0 fully saturated rings. The van der Waals surface area contributed by atoms with Crippen LogP contribution in [0.4, 0.5) is 0 Å². The number of aromatic nitrogens is 4. The summed E-state index contributed by atoms with van der Waals surface area (Å²) in [5.41, 5.74) is 5.68. The maximum Gasteiger partial charge on any atom is 0.270 e. The molecule has 0 saturated carbocycles. The molecule has 2 aromatic heterocycles. The lowest BCUT2D eigenvalue weighted by Crippen LogP contribution is -2.24. The predicted molar refractivity (Wildman–Crippen MR) is 93.5 cm³/mol. The molecule has 6 heteroatoms. The first-order valence-corrected chi connectivity index (χ1v) is 8.44. The monoisotopic (exact) mass is 333 g/mol. The van der Waals surface area contributed by atoms with Crippen LogP contribution in [0.25, 0.3) is 5.69 Å². The lowest BCUT2D eigenvalue weighted by atomic mass is 10.2. The quantitative estimate of drug-likeness (QED) is 0.796. The van der Waals surface area contributed by atoms with Crippen LogP contribution in [-0.2, 0) is 19.4 Å². The summed E-state index contributed by atoms with van der Waals surface area (Å²) >= 11 is 0. The van der Waals surface area contributed by atoms with Crippen molar-refractivity contribution in [1.29, 1.82) is 0 Å². The number of carbonyl (C=O) groups is 1. The Morgan fingerprint density at radius 1 is 1.20 bits per heavy atom. The number of nitrogens with zero attached hydrogens (tertiary/aromatic N) is 4. The lowest BCUT2D eigenvalue weighted by molar-refractivity contribution is 0.0945. The maximum atomic E-state index is 12.3. The van der Waals surface area contributed by atoms with Crippen LogP contribution >= 0.6 is 0 Å². The highest BCUT2D eigenvalue weighted by Crippen LogP contribution is 2.27. The van der Waals surface area contributed by atoms with Crippen LogP contribution < -0.4 is 5.32 Å². The van der Waals surface area contributed by atoms with E-state index in [2.05, 4.69) is 27.4 Å². The van der Waals surface area contributed by atoms with Gasteiger partial charge in [-0.15, -0.1) is 0 Å². The highest BCUT2D eigenvalue weighted by molar-refractivity contribution is 5.92. The molecule has 0 bridgehead atoms. The van der Waals surface area contributed by atoms with Crippen molar-refractivity contribution in [2.24, 2.45) is 0 Å². The van der Waals surface area contributed by atoms with Crippen molar-refractivity contribution in [2.45, 2.75) is 32.7 Å². The van der Waals surface area contributed by atoms with Crippen molar-refractivity contribution in [1.82, 2.24) is 25.1 Å². The molecule has 4 rings (SSSR count). The number of hydrogen-bond acceptors (Lipinski definition) is 4. The largest absolute Gasteiger partial charge is 0.345 e. The van der Waals surface area contributed by atoms with E-state index < -0.39 is 0 Å². The average molecular weight is 333 g/mol. The van der Waals surface area contributed by atoms with E-state index in [4.69, 9.17) is 5.10 Å². The topological polar surface area (TPSA) is 72.7 Å². The first-order chi connectivity index (χ1) is 12.2. The minimum atomic E-state index is -0.202. The second-order valence-corrected chi connectivity index (χ2v) is 6.20. The van der Waals surface area contributed by atoms with Crippen LogP contribution in [-0.4, -0.2) is 25.7 Å². The van der Waals surface area contributed by atoms with Gasteiger partial charge in [0.2, 0.25) is 0 Å². The van der Waals surface area contributed by atoms with Gasteiger partial charge in [-0.05, 0) is 49.9 Å². The molecule has 1 N–H and O–H groups in total. The second-order valence-electron chi connectivity index (χ2n) is 6.20. The number of rotatable bonds is 4. The number of amides is 1. The van der Waals surface area contributed by atoms with E-state index in [0.29, 0.717) is 12.2 Å². The number of hydrogen-bond donors (Lipinski definition) is 1. The smallest absolute Gasteiger partial charge is 0.270 e. The Balaban J connectivity index is 1.56. The normalized spacial score (nSPS) is 12.8. The molecule has 6 nitrogen and oxygen atoms in total. The Hall–Kier alpha value is -3.02. The number of carbonyl (C=O) groups excluding carboxylic acids is 1. The molecule has 25 heavy (non-hydrogen) atoms. The first-order valence-electron chi connectivity index (χ1n) is 8.44. The molecule has 2 heterocycles. The Bertz CT molecular complexity index is 917. The lowest BCUT2D eigenvalue weighted by Gasteiger charge is -2.05. The SMILES string of the molecule is Cc1cc(C(=O)NCc2nn(-c3ccccc3)c3c2CCC3)ncn1. The fraction of sp³-hybridized carbons (Fsp3) is 0.263. The van der Waals surface area contributed by atoms with Crippen molar-refractivity contribution in [3.8, 4) is 5.69 Å². The van der Waals surface area contributed by atoms with Gasteiger partial charge in [0.1, 0.15) is 12.0 Å². The van der Waals surface area contributed by atoms with E-state index in [1.165, 1.54) is 17.6 Å². The van der Waals surface area contributed by atoms with Crippen molar-refractivity contribution < 1.29 is 4.79 Å². The van der Waals surface area contributed by atoms with Gasteiger partial charge in [-0.25, -0.2) is 14.6 Å². The molecule has 1 aliphatic rings. The maximum absolute atomic E-state index is 12.3. The zero-order chi connectivity index (χ0) is 17.2. The van der Waals surface area contributed by atoms with E-state index in [1.807, 2.05) is 29.8 Å². The molecule has 0 spiro atoms. The van der Waals surface area contributed by atoms with Gasteiger partial charge in [-0.3, -0.25) is 4.79 Å². The molecule has 0 aliphatic heterocycles. The van der Waals surface area contributed by atoms with E-state index in [1.54, 1.807) is 6.07 Å². The van der Waals surface area contributed by atoms with Gasteiger partial charge >= 0.3 is 0 Å². The molecule has 126 valence electrons. The van der Waals surface area contributed by atoms with Crippen LogP contribution in [0, 0.1) is 6.92 Å². The minimum Gasteiger partial charge on any atom is -0.345 e. The van der Waals surface area contributed by atoms with Crippen LogP contribution in [0.3, 0.4) is 0 Å². The fourth-order valence-electron chi connectivity index (χ4n) is 3.27. The second kappa shape index (κ2) is 6.47. The van der Waals surface area contributed by atoms with E-state index in [-0.39, 0.29) is 5.91 Å². The predicted octanol–water partition coefficient (Wildman–Crippen LogP) is 2.39. The van der Waals surface area contributed by atoms with Crippen molar-refractivity contribution >= 4 is 5.91 Å². The van der Waals surface area contributed by atoms with Gasteiger partial charge in [-0.1, -0.05) is 18.2 Å². The fourth-order valence-corrected chi connectivity index (χ4v) is 3.27. The molecule has 0 radical (unpaired) electrons. The molecule has 1 aliphatic carbocycles. The van der Waals surface area contributed by atoms with Crippen molar-refractivity contribution in [2.75, 3.05) is 0 Å². The average Bonchev–Trinajstić information content (AvgIpc) is 3.23. The third-order valence-corrected chi connectivity index (χ3v) is 4.47. The standard InChI is InChI=1S/C19H19N5O/c1-13-10-16(22-12-21-13)19(25)20-11-17-15-8-5-9-18(15)24(23-17)14-6-3-2-4-7-14/h2-4,6-7,10,12H,5,8-9,11H2,1H3,(H,20,25). The summed E-state index contributed by atoms with van der Waals surface area (Å²) in [6, 6.07) is 11.8. The van der Waals surface area contributed by atoms with Gasteiger partial charge in [0.15, 0.2) is 0 Å². The number of para-hydroxylation sites is 1. The third kappa shape index (κ3) is 3.03. The summed E-state index contributed by atoms with van der Waals surface area (Å²) in [4.78, 5) is 20.4. The van der Waals surface area contributed by atoms with Crippen LogP contribution in [0.15, 0.2) is 42.7 Å². The Labute approximate surface area is 145 Å². The third-order valence-electron chi connectivity index (χ3n) is 4.47. The summed E-state index contributed by atoms with van der Waals surface area (Å²) in [7, 11) is 0.